The SMILES string of the molecule is O=CN1CCN(C(=S)Nc2ccc(Cl)c(F)c2)CC1. The monoisotopic (exact) mass is 301 g/mol. The number of benzene rings is 1. The lowest BCUT2D eigenvalue weighted by Crippen LogP contribution is -2.49. The van der Waals surface area contributed by atoms with E-state index in [1.165, 1.54) is 12.1 Å². The Bertz CT molecular complexity index is 492. The van der Waals surface area contributed by atoms with Gasteiger partial charge < -0.3 is 15.1 Å². The van der Waals surface area contributed by atoms with Gasteiger partial charge in [-0.2, -0.15) is 0 Å². The summed E-state index contributed by atoms with van der Waals surface area (Å²) in [6.45, 7) is 2.61. The van der Waals surface area contributed by atoms with Crippen molar-refractivity contribution in [1.29, 1.82) is 0 Å². The summed E-state index contributed by atoms with van der Waals surface area (Å²) < 4.78 is 13.3. The number of piperazine rings is 1. The summed E-state index contributed by atoms with van der Waals surface area (Å²) in [7, 11) is 0. The first-order chi connectivity index (χ1) is 9.10. The number of hydrogen-bond donors (Lipinski definition) is 1. The fourth-order valence-corrected chi connectivity index (χ4v) is 2.22. The van der Waals surface area contributed by atoms with Crippen LogP contribution in [0.2, 0.25) is 5.02 Å². The lowest BCUT2D eigenvalue weighted by atomic mass is 10.3. The molecule has 1 aliphatic heterocycles. The second-order valence-corrected chi connectivity index (χ2v) is 4.98. The minimum atomic E-state index is -0.486. The molecule has 1 saturated heterocycles. The first-order valence-corrected chi connectivity index (χ1v) is 6.59. The van der Waals surface area contributed by atoms with Gasteiger partial charge in [-0.25, -0.2) is 4.39 Å². The van der Waals surface area contributed by atoms with E-state index in [0.717, 1.165) is 6.41 Å². The second-order valence-electron chi connectivity index (χ2n) is 4.19. The zero-order valence-corrected chi connectivity index (χ0v) is 11.7. The number of amides is 1. The van der Waals surface area contributed by atoms with Crippen LogP contribution in [0.25, 0.3) is 0 Å². The number of nitrogens with zero attached hydrogens (tertiary/aromatic N) is 2. The minimum Gasteiger partial charge on any atom is -0.345 e. The van der Waals surface area contributed by atoms with E-state index in [1.54, 1.807) is 11.0 Å². The van der Waals surface area contributed by atoms with Crippen LogP contribution in [-0.2, 0) is 4.79 Å². The fraction of sp³-hybridized carbons (Fsp3) is 0.333. The Morgan fingerprint density at radius 1 is 1.37 bits per heavy atom. The Morgan fingerprint density at radius 3 is 2.63 bits per heavy atom. The van der Waals surface area contributed by atoms with Crippen LogP contribution in [0.3, 0.4) is 0 Å². The molecule has 0 aromatic heterocycles. The summed E-state index contributed by atoms with van der Waals surface area (Å²) in [5.74, 6) is -0.486. The quantitative estimate of drug-likeness (QED) is 0.669. The van der Waals surface area contributed by atoms with Crippen molar-refractivity contribution in [3.8, 4) is 0 Å². The fourth-order valence-electron chi connectivity index (χ4n) is 1.81. The first kappa shape index (κ1) is 14.0. The van der Waals surface area contributed by atoms with Crippen LogP contribution in [0.15, 0.2) is 18.2 Å². The van der Waals surface area contributed by atoms with Crippen molar-refractivity contribution in [1.82, 2.24) is 9.80 Å². The maximum Gasteiger partial charge on any atom is 0.209 e. The average Bonchev–Trinajstić information content (AvgIpc) is 2.43. The average molecular weight is 302 g/mol. The molecule has 102 valence electrons. The highest BCUT2D eigenvalue weighted by molar-refractivity contribution is 7.80. The van der Waals surface area contributed by atoms with Crippen molar-refractivity contribution in [3.63, 3.8) is 0 Å². The van der Waals surface area contributed by atoms with Gasteiger partial charge in [-0.3, -0.25) is 4.79 Å². The Hall–Kier alpha value is -1.40. The molecule has 19 heavy (non-hydrogen) atoms. The maximum absolute atomic E-state index is 13.3. The van der Waals surface area contributed by atoms with Crippen molar-refractivity contribution in [2.75, 3.05) is 31.5 Å². The van der Waals surface area contributed by atoms with E-state index in [-0.39, 0.29) is 5.02 Å². The van der Waals surface area contributed by atoms with Gasteiger partial charge >= 0.3 is 0 Å². The number of carbonyl (C=O) groups is 1. The highest BCUT2D eigenvalue weighted by Crippen LogP contribution is 2.19. The lowest BCUT2D eigenvalue weighted by molar-refractivity contribution is -0.119. The Kier molecular flexibility index (Phi) is 4.55. The van der Waals surface area contributed by atoms with E-state index < -0.39 is 5.82 Å². The van der Waals surface area contributed by atoms with Crippen LogP contribution >= 0.6 is 23.8 Å². The molecule has 0 spiro atoms. The van der Waals surface area contributed by atoms with Crippen molar-refractivity contribution < 1.29 is 9.18 Å². The molecular formula is C12H13ClFN3OS. The highest BCUT2D eigenvalue weighted by atomic mass is 35.5. The van der Waals surface area contributed by atoms with E-state index in [9.17, 15) is 9.18 Å². The molecule has 4 nitrogen and oxygen atoms in total. The van der Waals surface area contributed by atoms with Gasteiger partial charge in [-0.1, -0.05) is 11.6 Å². The molecular weight excluding hydrogens is 289 g/mol. The third-order valence-corrected chi connectivity index (χ3v) is 3.59. The van der Waals surface area contributed by atoms with Crippen LogP contribution in [0.5, 0.6) is 0 Å². The van der Waals surface area contributed by atoms with Crippen molar-refractivity contribution in [3.05, 3.63) is 29.0 Å². The zero-order chi connectivity index (χ0) is 13.8. The highest BCUT2D eigenvalue weighted by Gasteiger charge is 2.17. The van der Waals surface area contributed by atoms with E-state index >= 15 is 0 Å². The van der Waals surface area contributed by atoms with Gasteiger partial charge in [0.2, 0.25) is 6.41 Å². The van der Waals surface area contributed by atoms with E-state index in [4.69, 9.17) is 23.8 Å². The predicted octanol–water partition coefficient (Wildman–Crippen LogP) is 1.95. The number of carbonyl (C=O) groups excluding carboxylic acids is 1. The Morgan fingerprint density at radius 2 is 2.05 bits per heavy atom. The minimum absolute atomic E-state index is 0.0797. The molecule has 0 bridgehead atoms. The van der Waals surface area contributed by atoms with Crippen LogP contribution < -0.4 is 5.32 Å². The third kappa shape index (κ3) is 3.54. The number of anilines is 1. The van der Waals surface area contributed by atoms with E-state index in [1.807, 2.05) is 4.90 Å². The number of rotatable bonds is 2. The second kappa shape index (κ2) is 6.16. The molecule has 0 radical (unpaired) electrons. The standard InChI is InChI=1S/C12H13ClFN3OS/c13-10-2-1-9(7-11(10)14)15-12(19)17-5-3-16(8-18)4-6-17/h1-2,7-8H,3-6H2,(H,15,19). The molecule has 1 heterocycles. The zero-order valence-electron chi connectivity index (χ0n) is 10.1. The summed E-state index contributed by atoms with van der Waals surface area (Å²) in [6, 6.07) is 4.45. The molecule has 1 amide bonds. The molecule has 0 atom stereocenters. The molecule has 2 rings (SSSR count). The van der Waals surface area contributed by atoms with Crippen molar-refractivity contribution >= 4 is 41.0 Å². The van der Waals surface area contributed by atoms with Gasteiger partial charge in [0.25, 0.3) is 0 Å². The predicted molar refractivity (Wildman–Crippen MR) is 76.8 cm³/mol. The van der Waals surface area contributed by atoms with Crippen molar-refractivity contribution in [2.45, 2.75) is 0 Å². The van der Waals surface area contributed by atoms with Gasteiger partial charge in [0, 0.05) is 31.9 Å². The normalized spacial score (nSPS) is 15.3. The van der Waals surface area contributed by atoms with E-state index in [2.05, 4.69) is 5.32 Å². The molecule has 0 saturated carbocycles. The number of hydrogen-bond acceptors (Lipinski definition) is 2. The van der Waals surface area contributed by atoms with Crippen LogP contribution in [0.4, 0.5) is 10.1 Å². The summed E-state index contributed by atoms with van der Waals surface area (Å²) in [4.78, 5) is 14.2. The van der Waals surface area contributed by atoms with E-state index in [0.29, 0.717) is 37.0 Å². The van der Waals surface area contributed by atoms with Gasteiger partial charge in [-0.05, 0) is 30.4 Å². The summed E-state index contributed by atoms with van der Waals surface area (Å²) >= 11 is 10.9. The topological polar surface area (TPSA) is 35.6 Å². The largest absolute Gasteiger partial charge is 0.345 e. The van der Waals surface area contributed by atoms with Crippen LogP contribution in [0, 0.1) is 5.82 Å². The van der Waals surface area contributed by atoms with Gasteiger partial charge in [0.05, 0.1) is 5.02 Å². The summed E-state index contributed by atoms with van der Waals surface area (Å²) in [5.41, 5.74) is 0.560. The van der Waals surface area contributed by atoms with Gasteiger partial charge in [-0.15, -0.1) is 0 Å². The maximum atomic E-state index is 13.3. The Labute approximate surface area is 121 Å². The van der Waals surface area contributed by atoms with Gasteiger partial charge in [0.1, 0.15) is 5.82 Å². The molecule has 0 aliphatic carbocycles. The van der Waals surface area contributed by atoms with Crippen molar-refractivity contribution in [2.24, 2.45) is 0 Å². The molecule has 1 aliphatic rings. The summed E-state index contributed by atoms with van der Waals surface area (Å²) in [6.07, 6.45) is 0.836. The summed E-state index contributed by atoms with van der Waals surface area (Å²) in [5, 5.41) is 3.56. The first-order valence-electron chi connectivity index (χ1n) is 5.80. The molecule has 0 unspecified atom stereocenters. The number of nitrogens with one attached hydrogen (secondary N) is 1. The molecule has 1 aromatic rings. The van der Waals surface area contributed by atoms with Crippen LogP contribution in [0.1, 0.15) is 0 Å². The molecule has 1 fully saturated rings. The van der Waals surface area contributed by atoms with Crippen LogP contribution in [-0.4, -0.2) is 47.5 Å². The molecule has 7 heteroatoms. The molecule has 1 N–H and O–H groups in total. The van der Waals surface area contributed by atoms with Gasteiger partial charge in [0.15, 0.2) is 5.11 Å². The number of thiocarbonyl (C=S) groups is 1. The number of halogens is 2. The lowest BCUT2D eigenvalue weighted by Gasteiger charge is -2.34. The smallest absolute Gasteiger partial charge is 0.209 e. The Balaban J connectivity index is 1.94. The third-order valence-electron chi connectivity index (χ3n) is 2.92. The molecule has 1 aromatic carbocycles.